The molecule has 2 saturated carbocycles. The Balaban J connectivity index is 1.09. The van der Waals surface area contributed by atoms with Gasteiger partial charge in [0.1, 0.15) is 11.5 Å². The molecule has 8 rings (SSSR count). The molecule has 39 heavy (non-hydrogen) atoms. The highest BCUT2D eigenvalue weighted by atomic mass is 35.5. The van der Waals surface area contributed by atoms with Crippen LogP contribution in [0, 0.1) is 5.92 Å². The van der Waals surface area contributed by atoms with Gasteiger partial charge in [0.2, 0.25) is 0 Å². The standard InChI is InChI=1S/C29H27Cl2N3O4S/c1-36-28(35)16-8-10-22-24(11-16)39-29(32-22)34-13-17-7-9-18(34)12-23(17)37-14-19-26(33-38-27(19)15-5-6-15)25-20(30)3-2-4-21(25)31/h2-4,8,10-11,15,17-18,23H,5-7,9,12-14H2,1H3/t17-,18?,23+/m0/s1. The van der Waals surface area contributed by atoms with Crippen LogP contribution in [0.4, 0.5) is 5.13 Å². The second kappa shape index (κ2) is 10.1. The lowest BCUT2D eigenvalue weighted by atomic mass is 9.78. The van der Waals surface area contributed by atoms with Gasteiger partial charge < -0.3 is 18.9 Å². The molecule has 2 aliphatic heterocycles. The molecule has 2 bridgehead atoms. The first-order valence-corrected chi connectivity index (χ1v) is 14.9. The number of nitrogens with zero attached hydrogens (tertiary/aromatic N) is 3. The average Bonchev–Trinajstić information content (AvgIpc) is 3.57. The normalized spacial score (nSPS) is 22.5. The third-order valence-corrected chi connectivity index (χ3v) is 9.91. The molecule has 0 amide bonds. The van der Waals surface area contributed by atoms with Gasteiger partial charge in [-0.15, -0.1) is 0 Å². The minimum absolute atomic E-state index is 0.150. The molecule has 202 valence electrons. The van der Waals surface area contributed by atoms with Gasteiger partial charge in [0, 0.05) is 35.5 Å². The molecule has 0 radical (unpaired) electrons. The highest BCUT2D eigenvalue weighted by Gasteiger charge is 2.43. The van der Waals surface area contributed by atoms with E-state index >= 15 is 0 Å². The van der Waals surface area contributed by atoms with E-state index in [4.69, 9.17) is 42.2 Å². The fraction of sp³-hybridized carbons (Fsp3) is 0.414. The number of carbonyl (C=O) groups is 1. The molecule has 0 spiro atoms. The Hall–Kier alpha value is -2.65. The molecule has 10 heteroatoms. The highest BCUT2D eigenvalue weighted by molar-refractivity contribution is 7.22. The second-order valence-corrected chi connectivity index (χ2v) is 12.5. The Kier molecular flexibility index (Phi) is 6.54. The Bertz CT molecular complexity index is 1550. The summed E-state index contributed by atoms with van der Waals surface area (Å²) in [6.07, 6.45) is 5.55. The van der Waals surface area contributed by atoms with E-state index in [1.54, 1.807) is 17.4 Å². The van der Waals surface area contributed by atoms with E-state index in [1.807, 2.05) is 30.3 Å². The average molecular weight is 585 g/mol. The summed E-state index contributed by atoms with van der Waals surface area (Å²) < 4.78 is 18.3. The second-order valence-electron chi connectivity index (χ2n) is 10.6. The number of halogens is 2. The van der Waals surface area contributed by atoms with E-state index in [1.165, 1.54) is 7.11 Å². The SMILES string of the molecule is COC(=O)c1ccc2nc(N3C[C@@H]4CCC3C[C@H]4OCc3c(-c4c(Cl)cccc4Cl)noc3C3CC3)sc2c1. The van der Waals surface area contributed by atoms with Crippen LogP contribution >= 0.6 is 34.5 Å². The van der Waals surface area contributed by atoms with E-state index in [9.17, 15) is 4.79 Å². The van der Waals surface area contributed by atoms with Gasteiger partial charge in [-0.05, 0) is 62.4 Å². The predicted molar refractivity (Wildman–Crippen MR) is 152 cm³/mol. The minimum atomic E-state index is -0.332. The molecule has 1 unspecified atom stereocenters. The Morgan fingerprint density at radius 2 is 1.97 bits per heavy atom. The summed E-state index contributed by atoms with van der Waals surface area (Å²) in [5, 5.41) is 6.53. The summed E-state index contributed by atoms with van der Waals surface area (Å²) in [5.41, 5.74) is 3.82. The van der Waals surface area contributed by atoms with Crippen molar-refractivity contribution in [3.63, 3.8) is 0 Å². The third kappa shape index (κ3) is 4.61. The first-order valence-electron chi connectivity index (χ1n) is 13.3. The molecule has 0 N–H and O–H groups in total. The number of aromatic nitrogens is 2. The number of thiazole rings is 1. The van der Waals surface area contributed by atoms with Crippen molar-refractivity contribution < 1.29 is 18.8 Å². The number of hydrogen-bond acceptors (Lipinski definition) is 8. The minimum Gasteiger partial charge on any atom is -0.465 e. The van der Waals surface area contributed by atoms with E-state index in [2.05, 4.69) is 10.1 Å². The van der Waals surface area contributed by atoms with Crippen LogP contribution in [-0.2, 0) is 16.1 Å². The van der Waals surface area contributed by atoms with Crippen LogP contribution in [0.1, 0.15) is 59.7 Å². The lowest BCUT2D eigenvalue weighted by molar-refractivity contribution is -0.0401. The maximum Gasteiger partial charge on any atom is 0.337 e. The van der Waals surface area contributed by atoms with Crippen molar-refractivity contribution in [3.8, 4) is 11.3 Å². The van der Waals surface area contributed by atoms with Crippen molar-refractivity contribution in [2.45, 2.75) is 56.8 Å². The van der Waals surface area contributed by atoms with Gasteiger partial charge >= 0.3 is 5.97 Å². The Morgan fingerprint density at radius 3 is 2.69 bits per heavy atom. The van der Waals surface area contributed by atoms with Crippen LogP contribution < -0.4 is 4.90 Å². The number of carbonyl (C=O) groups excluding carboxylic acids is 1. The van der Waals surface area contributed by atoms with Crippen molar-refractivity contribution >= 4 is 55.9 Å². The monoisotopic (exact) mass is 583 g/mol. The lowest BCUT2D eigenvalue weighted by Gasteiger charge is -2.49. The van der Waals surface area contributed by atoms with Crippen LogP contribution in [0.15, 0.2) is 40.9 Å². The summed E-state index contributed by atoms with van der Waals surface area (Å²) in [6, 6.07) is 11.4. The molecular weight excluding hydrogens is 557 g/mol. The van der Waals surface area contributed by atoms with Crippen LogP contribution in [-0.4, -0.2) is 41.9 Å². The smallest absolute Gasteiger partial charge is 0.337 e. The molecule has 2 aromatic carbocycles. The van der Waals surface area contributed by atoms with Gasteiger partial charge in [-0.25, -0.2) is 9.78 Å². The molecular formula is C29H27Cl2N3O4S. The number of methoxy groups -OCH3 is 1. The first kappa shape index (κ1) is 25.3. The van der Waals surface area contributed by atoms with E-state index in [-0.39, 0.29) is 12.1 Å². The Labute approximate surface area is 240 Å². The number of anilines is 1. The van der Waals surface area contributed by atoms with Gasteiger partial charge in [0.15, 0.2) is 5.13 Å². The summed E-state index contributed by atoms with van der Waals surface area (Å²) in [6.45, 7) is 1.33. The maximum atomic E-state index is 12.0. The van der Waals surface area contributed by atoms with E-state index in [0.717, 1.165) is 65.3 Å². The van der Waals surface area contributed by atoms with Crippen molar-refractivity contribution in [2.75, 3.05) is 18.6 Å². The highest BCUT2D eigenvalue weighted by Crippen LogP contribution is 2.47. The fourth-order valence-corrected chi connectivity index (χ4v) is 7.68. The van der Waals surface area contributed by atoms with Gasteiger partial charge in [-0.3, -0.25) is 0 Å². The molecule has 3 atom stereocenters. The number of benzene rings is 2. The van der Waals surface area contributed by atoms with Gasteiger partial charge in [0.05, 0.1) is 45.6 Å². The third-order valence-electron chi connectivity index (χ3n) is 8.22. The number of esters is 1. The van der Waals surface area contributed by atoms with Gasteiger partial charge in [-0.1, -0.05) is 45.8 Å². The molecule has 4 fully saturated rings. The maximum absolute atomic E-state index is 12.0. The number of piperidine rings is 2. The summed E-state index contributed by atoms with van der Waals surface area (Å²) in [5.74, 6) is 1.37. The number of ether oxygens (including phenoxy) is 2. The molecule has 4 aromatic rings. The van der Waals surface area contributed by atoms with Crippen LogP contribution in [0.2, 0.25) is 10.0 Å². The zero-order chi connectivity index (χ0) is 26.7. The van der Waals surface area contributed by atoms with Crippen molar-refractivity contribution in [1.29, 1.82) is 0 Å². The molecule has 2 saturated heterocycles. The molecule has 2 aromatic heterocycles. The van der Waals surface area contributed by atoms with Crippen molar-refractivity contribution in [2.24, 2.45) is 5.92 Å². The molecule has 7 nitrogen and oxygen atoms in total. The fourth-order valence-electron chi connectivity index (χ4n) is 6.02. The summed E-state index contributed by atoms with van der Waals surface area (Å²) in [4.78, 5) is 19.3. The molecule has 4 aliphatic rings. The first-order chi connectivity index (χ1) is 19.0. The number of rotatable bonds is 7. The van der Waals surface area contributed by atoms with Gasteiger partial charge in [-0.2, -0.15) is 0 Å². The van der Waals surface area contributed by atoms with Crippen molar-refractivity contribution in [1.82, 2.24) is 10.1 Å². The zero-order valence-corrected chi connectivity index (χ0v) is 23.7. The largest absolute Gasteiger partial charge is 0.465 e. The summed E-state index contributed by atoms with van der Waals surface area (Å²) >= 11 is 14.7. The van der Waals surface area contributed by atoms with Gasteiger partial charge in [0.25, 0.3) is 0 Å². The summed E-state index contributed by atoms with van der Waals surface area (Å²) in [7, 11) is 1.40. The quantitative estimate of drug-likeness (QED) is 0.208. The number of fused-ring (bicyclic) bond motifs is 4. The lowest BCUT2D eigenvalue weighted by Crippen LogP contribution is -2.55. The predicted octanol–water partition coefficient (Wildman–Crippen LogP) is 7.50. The van der Waals surface area contributed by atoms with Crippen molar-refractivity contribution in [3.05, 3.63) is 63.3 Å². The van der Waals surface area contributed by atoms with Crippen LogP contribution in [0.3, 0.4) is 0 Å². The number of hydrogen-bond donors (Lipinski definition) is 0. The zero-order valence-electron chi connectivity index (χ0n) is 21.4. The van der Waals surface area contributed by atoms with Crippen LogP contribution in [0.5, 0.6) is 0 Å². The van der Waals surface area contributed by atoms with Crippen LogP contribution in [0.25, 0.3) is 21.5 Å². The Morgan fingerprint density at radius 1 is 1.15 bits per heavy atom. The molecule has 2 aliphatic carbocycles. The molecule has 4 heterocycles. The topological polar surface area (TPSA) is 77.7 Å². The van der Waals surface area contributed by atoms with E-state index < -0.39 is 0 Å². The van der Waals surface area contributed by atoms with E-state index in [0.29, 0.717) is 51.4 Å².